The standard InChI is InChI=1S/C28H32N2O2/c1-17-15-21-22(28(4,5)14-13-27(21,2)3)16-20(17)26(30-29)19-11-9-18(10-12-19)25-23(31)7-6-8-24(25)32/h9-16,31H,6-8,29H2,1-5H3. The molecule has 0 amide bonds. The Morgan fingerprint density at radius 1 is 0.969 bits per heavy atom. The molecular formula is C28H32N2O2. The van der Waals surface area contributed by atoms with E-state index in [0.717, 1.165) is 22.3 Å². The second kappa shape index (κ2) is 7.77. The molecule has 0 heterocycles. The van der Waals surface area contributed by atoms with Crippen molar-refractivity contribution in [2.45, 2.75) is 64.7 Å². The Hall–Kier alpha value is -3.14. The van der Waals surface area contributed by atoms with Crippen LogP contribution in [0.5, 0.6) is 0 Å². The van der Waals surface area contributed by atoms with Crippen LogP contribution in [0.3, 0.4) is 0 Å². The molecule has 0 aliphatic heterocycles. The molecule has 2 aliphatic carbocycles. The van der Waals surface area contributed by atoms with E-state index in [2.05, 4.69) is 64.0 Å². The minimum Gasteiger partial charge on any atom is -0.512 e. The Labute approximate surface area is 190 Å². The number of carbonyl (C=O) groups is 1. The van der Waals surface area contributed by atoms with E-state index in [-0.39, 0.29) is 22.4 Å². The number of ketones is 1. The summed E-state index contributed by atoms with van der Waals surface area (Å²) in [6, 6.07) is 12.1. The number of fused-ring (bicyclic) bond motifs is 1. The first kappa shape index (κ1) is 22.1. The number of allylic oxidation sites excluding steroid dienone is 4. The largest absolute Gasteiger partial charge is 0.512 e. The number of carbonyl (C=O) groups excluding carboxylic acids is 1. The number of rotatable bonds is 3. The summed E-state index contributed by atoms with van der Waals surface area (Å²) in [5, 5.41) is 14.4. The summed E-state index contributed by atoms with van der Waals surface area (Å²) < 4.78 is 0. The molecule has 2 aromatic carbocycles. The van der Waals surface area contributed by atoms with Gasteiger partial charge in [-0.15, -0.1) is 0 Å². The molecule has 0 saturated carbocycles. The highest BCUT2D eigenvalue weighted by Crippen LogP contribution is 2.42. The highest BCUT2D eigenvalue weighted by Gasteiger charge is 2.33. The van der Waals surface area contributed by atoms with Crippen LogP contribution in [0.2, 0.25) is 0 Å². The maximum absolute atomic E-state index is 12.3. The average Bonchev–Trinajstić information content (AvgIpc) is 2.74. The number of hydrogen-bond acceptors (Lipinski definition) is 4. The van der Waals surface area contributed by atoms with E-state index in [1.807, 2.05) is 24.3 Å². The quantitative estimate of drug-likeness (QED) is 0.278. The van der Waals surface area contributed by atoms with Gasteiger partial charge in [0.15, 0.2) is 5.78 Å². The van der Waals surface area contributed by atoms with E-state index < -0.39 is 0 Å². The topological polar surface area (TPSA) is 75.7 Å². The summed E-state index contributed by atoms with van der Waals surface area (Å²) in [7, 11) is 0. The summed E-state index contributed by atoms with van der Waals surface area (Å²) in [4.78, 5) is 12.3. The third-order valence-corrected chi connectivity index (χ3v) is 6.89. The van der Waals surface area contributed by atoms with Gasteiger partial charge in [-0.3, -0.25) is 4.79 Å². The minimum atomic E-state index is -0.0811. The van der Waals surface area contributed by atoms with E-state index in [0.29, 0.717) is 30.5 Å². The summed E-state index contributed by atoms with van der Waals surface area (Å²) >= 11 is 0. The Morgan fingerprint density at radius 2 is 1.56 bits per heavy atom. The number of Topliss-reactive ketones (excluding diaryl/α,β-unsaturated/α-hetero) is 1. The van der Waals surface area contributed by atoms with Crippen LogP contribution in [0, 0.1) is 6.92 Å². The highest BCUT2D eigenvalue weighted by molar-refractivity contribution is 6.22. The molecule has 4 rings (SSSR count). The first-order valence-electron chi connectivity index (χ1n) is 11.3. The van der Waals surface area contributed by atoms with Gasteiger partial charge in [0.1, 0.15) is 5.76 Å². The Morgan fingerprint density at radius 3 is 2.12 bits per heavy atom. The van der Waals surface area contributed by atoms with Crippen molar-refractivity contribution in [1.29, 1.82) is 0 Å². The third kappa shape index (κ3) is 3.68. The molecule has 0 fully saturated rings. The number of aryl methyl sites for hydroxylation is 1. The molecule has 0 spiro atoms. The van der Waals surface area contributed by atoms with Crippen LogP contribution in [-0.4, -0.2) is 16.6 Å². The smallest absolute Gasteiger partial charge is 0.166 e. The van der Waals surface area contributed by atoms with Gasteiger partial charge in [0, 0.05) is 34.8 Å². The molecule has 2 aromatic rings. The maximum atomic E-state index is 12.3. The van der Waals surface area contributed by atoms with Crippen molar-refractivity contribution in [2.75, 3.05) is 0 Å². The molecule has 32 heavy (non-hydrogen) atoms. The van der Waals surface area contributed by atoms with Gasteiger partial charge in [0.25, 0.3) is 0 Å². The molecule has 166 valence electrons. The molecular weight excluding hydrogens is 396 g/mol. The number of benzene rings is 2. The van der Waals surface area contributed by atoms with Gasteiger partial charge in [-0.25, -0.2) is 0 Å². The minimum absolute atomic E-state index is 0.00218. The van der Waals surface area contributed by atoms with Gasteiger partial charge >= 0.3 is 0 Å². The monoisotopic (exact) mass is 428 g/mol. The molecule has 0 saturated heterocycles. The van der Waals surface area contributed by atoms with Crippen molar-refractivity contribution in [3.05, 3.63) is 87.7 Å². The number of aliphatic hydroxyl groups excluding tert-OH is 1. The van der Waals surface area contributed by atoms with Gasteiger partial charge < -0.3 is 10.9 Å². The predicted molar refractivity (Wildman–Crippen MR) is 131 cm³/mol. The Balaban J connectivity index is 1.77. The van der Waals surface area contributed by atoms with Crippen LogP contribution in [0.25, 0.3) is 5.57 Å². The van der Waals surface area contributed by atoms with Crippen LogP contribution in [-0.2, 0) is 15.6 Å². The van der Waals surface area contributed by atoms with E-state index >= 15 is 0 Å². The lowest BCUT2D eigenvalue weighted by molar-refractivity contribution is -0.114. The summed E-state index contributed by atoms with van der Waals surface area (Å²) in [5.41, 5.74) is 7.41. The van der Waals surface area contributed by atoms with Crippen molar-refractivity contribution < 1.29 is 9.90 Å². The second-order valence-electron chi connectivity index (χ2n) is 10.1. The second-order valence-corrected chi connectivity index (χ2v) is 10.1. The van der Waals surface area contributed by atoms with Crippen LogP contribution >= 0.6 is 0 Å². The first-order chi connectivity index (χ1) is 15.0. The lowest BCUT2D eigenvalue weighted by Gasteiger charge is -2.37. The molecule has 2 aliphatic rings. The number of hydrazone groups is 1. The maximum Gasteiger partial charge on any atom is 0.166 e. The van der Waals surface area contributed by atoms with Crippen molar-refractivity contribution in [2.24, 2.45) is 10.9 Å². The predicted octanol–water partition coefficient (Wildman–Crippen LogP) is 5.85. The molecule has 4 heteroatoms. The molecule has 4 nitrogen and oxygen atoms in total. The van der Waals surface area contributed by atoms with Gasteiger partial charge in [-0.1, -0.05) is 70.2 Å². The molecule has 0 atom stereocenters. The number of hydrogen-bond donors (Lipinski definition) is 2. The number of nitrogens with zero attached hydrogens (tertiary/aromatic N) is 1. The summed E-state index contributed by atoms with van der Waals surface area (Å²) in [5.74, 6) is 6.08. The van der Waals surface area contributed by atoms with E-state index in [9.17, 15) is 9.90 Å². The van der Waals surface area contributed by atoms with E-state index in [4.69, 9.17) is 5.84 Å². The van der Waals surface area contributed by atoms with Gasteiger partial charge in [0.2, 0.25) is 0 Å². The fraction of sp³-hybridized carbons (Fsp3) is 0.357. The van der Waals surface area contributed by atoms with Crippen LogP contribution in [0.15, 0.2) is 59.4 Å². The Bertz CT molecular complexity index is 1180. The van der Waals surface area contributed by atoms with Crippen LogP contribution in [0.1, 0.15) is 80.3 Å². The Kier molecular flexibility index (Phi) is 5.36. The number of aliphatic hydroxyl groups is 1. The summed E-state index contributed by atoms with van der Waals surface area (Å²) in [6.45, 7) is 11.0. The molecule has 3 N–H and O–H groups in total. The van der Waals surface area contributed by atoms with Gasteiger partial charge in [-0.2, -0.15) is 5.10 Å². The number of nitrogens with two attached hydrogens (primary N) is 1. The zero-order chi connectivity index (χ0) is 23.3. The first-order valence-corrected chi connectivity index (χ1v) is 11.3. The van der Waals surface area contributed by atoms with Crippen molar-refractivity contribution in [3.8, 4) is 0 Å². The normalized spacial score (nSPS) is 19.8. The molecule has 0 radical (unpaired) electrons. The van der Waals surface area contributed by atoms with Crippen molar-refractivity contribution in [3.63, 3.8) is 0 Å². The van der Waals surface area contributed by atoms with Crippen LogP contribution < -0.4 is 5.84 Å². The molecule has 0 bridgehead atoms. The zero-order valence-electron chi connectivity index (χ0n) is 19.6. The lowest BCUT2D eigenvalue weighted by atomic mass is 9.67. The van der Waals surface area contributed by atoms with Gasteiger partial charge in [0.05, 0.1) is 11.3 Å². The molecule has 0 aromatic heterocycles. The van der Waals surface area contributed by atoms with Crippen LogP contribution in [0.4, 0.5) is 0 Å². The molecule has 0 unspecified atom stereocenters. The van der Waals surface area contributed by atoms with E-state index in [1.54, 1.807) is 0 Å². The van der Waals surface area contributed by atoms with Crippen molar-refractivity contribution in [1.82, 2.24) is 0 Å². The average molecular weight is 429 g/mol. The van der Waals surface area contributed by atoms with Crippen molar-refractivity contribution >= 4 is 17.1 Å². The van der Waals surface area contributed by atoms with E-state index in [1.165, 1.54) is 11.1 Å². The fourth-order valence-corrected chi connectivity index (χ4v) is 4.87. The van der Waals surface area contributed by atoms with Gasteiger partial charge in [-0.05, 0) is 41.7 Å². The lowest BCUT2D eigenvalue weighted by Crippen LogP contribution is -2.30. The summed E-state index contributed by atoms with van der Waals surface area (Å²) in [6.07, 6.45) is 6.31. The highest BCUT2D eigenvalue weighted by atomic mass is 16.3. The third-order valence-electron chi connectivity index (χ3n) is 6.89. The fourth-order valence-electron chi connectivity index (χ4n) is 4.87. The zero-order valence-corrected chi connectivity index (χ0v) is 19.6. The SMILES string of the molecule is Cc1cc2c(cc1C(=NN)c1ccc(C3=C(O)CCCC3=O)cc1)C(C)(C)C=CC2(C)C.